The minimum absolute atomic E-state index is 0.226. The number of amides is 1. The van der Waals surface area contributed by atoms with Crippen LogP contribution in [0.5, 0.6) is 5.75 Å². The molecule has 0 aliphatic carbocycles. The van der Waals surface area contributed by atoms with E-state index in [4.69, 9.17) is 4.74 Å². The summed E-state index contributed by atoms with van der Waals surface area (Å²) in [6, 6.07) is 17.6. The van der Waals surface area contributed by atoms with Gasteiger partial charge in [0.05, 0.1) is 0 Å². The molecule has 0 fully saturated rings. The number of unbranched alkanes of at least 4 members (excludes halogenated alkanes) is 1. The summed E-state index contributed by atoms with van der Waals surface area (Å²) in [5.41, 5.74) is 2.04. The Morgan fingerprint density at radius 3 is 2.69 bits per heavy atom. The maximum absolute atomic E-state index is 12.1. The zero-order valence-corrected chi connectivity index (χ0v) is 17.8. The fourth-order valence-electron chi connectivity index (χ4n) is 2.36. The highest BCUT2D eigenvalue weighted by Crippen LogP contribution is 2.26. The van der Waals surface area contributed by atoms with Crippen molar-refractivity contribution in [2.24, 2.45) is 0 Å². The number of ether oxygens (including phenoxy) is 1. The summed E-state index contributed by atoms with van der Waals surface area (Å²) in [6.45, 7) is 2.68. The van der Waals surface area contributed by atoms with Crippen LogP contribution in [-0.4, -0.2) is 21.9 Å². The number of nitrogens with zero attached hydrogens (tertiary/aromatic N) is 2. The van der Waals surface area contributed by atoms with Gasteiger partial charge in [-0.3, -0.25) is 10.1 Å². The van der Waals surface area contributed by atoms with Crippen molar-refractivity contribution in [3.63, 3.8) is 0 Å². The lowest BCUT2D eigenvalue weighted by Gasteiger charge is -2.06. The van der Waals surface area contributed by atoms with Crippen molar-refractivity contribution >= 4 is 40.2 Å². The Balaban J connectivity index is 1.46. The predicted molar refractivity (Wildman–Crippen MR) is 120 cm³/mol. The summed E-state index contributed by atoms with van der Waals surface area (Å²) in [6.07, 6.45) is 5.55. The lowest BCUT2D eigenvalue weighted by molar-refractivity contribution is -0.111. The third-order valence-corrected chi connectivity index (χ3v) is 5.97. The SMILES string of the molecule is CCCCSc1nnc(NC(=O)/C=C/c2ccc(OCc3ccccc3)cc2)s1. The van der Waals surface area contributed by atoms with E-state index in [9.17, 15) is 4.79 Å². The van der Waals surface area contributed by atoms with Crippen LogP contribution in [0.3, 0.4) is 0 Å². The number of carbonyl (C=O) groups is 1. The second-order valence-electron chi connectivity index (χ2n) is 6.24. The van der Waals surface area contributed by atoms with E-state index in [-0.39, 0.29) is 5.91 Å². The second-order valence-corrected chi connectivity index (χ2v) is 8.56. The van der Waals surface area contributed by atoms with E-state index in [2.05, 4.69) is 22.4 Å². The van der Waals surface area contributed by atoms with Gasteiger partial charge in [-0.25, -0.2) is 0 Å². The van der Waals surface area contributed by atoms with Gasteiger partial charge in [0.2, 0.25) is 11.0 Å². The molecule has 3 rings (SSSR count). The van der Waals surface area contributed by atoms with Gasteiger partial charge < -0.3 is 4.74 Å². The van der Waals surface area contributed by atoms with Crippen molar-refractivity contribution in [3.05, 3.63) is 71.8 Å². The molecule has 5 nitrogen and oxygen atoms in total. The van der Waals surface area contributed by atoms with E-state index in [0.717, 1.165) is 39.8 Å². The third-order valence-electron chi connectivity index (χ3n) is 3.92. The van der Waals surface area contributed by atoms with Gasteiger partial charge in [0.1, 0.15) is 12.4 Å². The van der Waals surface area contributed by atoms with E-state index in [0.29, 0.717) is 11.7 Å². The molecular formula is C22H23N3O2S2. The Morgan fingerprint density at radius 1 is 1.14 bits per heavy atom. The van der Waals surface area contributed by atoms with Crippen molar-refractivity contribution in [3.8, 4) is 5.75 Å². The van der Waals surface area contributed by atoms with Crippen LogP contribution in [0.1, 0.15) is 30.9 Å². The van der Waals surface area contributed by atoms with Crippen LogP contribution in [0.15, 0.2) is 65.0 Å². The molecule has 0 aliphatic heterocycles. The van der Waals surface area contributed by atoms with Gasteiger partial charge in [0.15, 0.2) is 4.34 Å². The van der Waals surface area contributed by atoms with Crippen LogP contribution in [0.25, 0.3) is 6.08 Å². The first-order valence-corrected chi connectivity index (χ1v) is 11.3. The molecule has 1 N–H and O–H groups in total. The minimum atomic E-state index is -0.226. The molecule has 1 heterocycles. The van der Waals surface area contributed by atoms with Crippen molar-refractivity contribution in [2.75, 3.05) is 11.1 Å². The van der Waals surface area contributed by atoms with Gasteiger partial charge in [0, 0.05) is 11.8 Å². The first kappa shape index (κ1) is 21.1. The monoisotopic (exact) mass is 425 g/mol. The summed E-state index contributed by atoms with van der Waals surface area (Å²) < 4.78 is 6.65. The highest BCUT2D eigenvalue weighted by Gasteiger charge is 2.06. The van der Waals surface area contributed by atoms with Crippen LogP contribution >= 0.6 is 23.1 Å². The van der Waals surface area contributed by atoms with Crippen molar-refractivity contribution in [1.29, 1.82) is 0 Å². The van der Waals surface area contributed by atoms with E-state index in [1.54, 1.807) is 17.8 Å². The summed E-state index contributed by atoms with van der Waals surface area (Å²) in [4.78, 5) is 12.1. The molecule has 29 heavy (non-hydrogen) atoms. The summed E-state index contributed by atoms with van der Waals surface area (Å²) in [5, 5.41) is 11.4. The molecule has 1 aromatic heterocycles. The number of rotatable bonds is 10. The Labute approximate surface area is 179 Å². The normalized spacial score (nSPS) is 10.9. The molecule has 0 unspecified atom stereocenters. The number of carbonyl (C=O) groups excluding carboxylic acids is 1. The molecule has 0 atom stereocenters. The second kappa shape index (κ2) is 11.4. The van der Waals surface area contributed by atoms with Gasteiger partial charge in [-0.15, -0.1) is 10.2 Å². The molecule has 0 spiro atoms. The first-order valence-electron chi connectivity index (χ1n) is 9.45. The molecule has 7 heteroatoms. The zero-order chi connectivity index (χ0) is 20.3. The molecule has 0 saturated carbocycles. The molecule has 150 valence electrons. The minimum Gasteiger partial charge on any atom is -0.489 e. The molecular weight excluding hydrogens is 402 g/mol. The van der Waals surface area contributed by atoms with Gasteiger partial charge in [-0.1, -0.05) is 78.9 Å². The molecule has 1 amide bonds. The summed E-state index contributed by atoms with van der Waals surface area (Å²) in [5.74, 6) is 1.58. The fraction of sp³-hybridized carbons (Fsp3) is 0.227. The van der Waals surface area contributed by atoms with Crippen molar-refractivity contribution in [1.82, 2.24) is 10.2 Å². The molecule has 3 aromatic rings. The quantitative estimate of drug-likeness (QED) is 0.196. The Hall–Kier alpha value is -2.64. The van der Waals surface area contributed by atoms with Crippen LogP contribution in [-0.2, 0) is 11.4 Å². The fourth-order valence-corrected chi connectivity index (χ4v) is 4.27. The van der Waals surface area contributed by atoms with Gasteiger partial charge >= 0.3 is 0 Å². The van der Waals surface area contributed by atoms with E-state index in [1.807, 2.05) is 54.6 Å². The zero-order valence-electron chi connectivity index (χ0n) is 16.2. The van der Waals surface area contributed by atoms with Crippen molar-refractivity contribution in [2.45, 2.75) is 30.7 Å². The van der Waals surface area contributed by atoms with Crippen LogP contribution in [0, 0.1) is 0 Å². The Morgan fingerprint density at radius 2 is 1.93 bits per heavy atom. The molecule has 0 bridgehead atoms. The number of benzene rings is 2. The predicted octanol–water partition coefficient (Wildman–Crippen LogP) is 5.66. The number of thioether (sulfide) groups is 1. The molecule has 0 saturated heterocycles. The number of anilines is 1. The van der Waals surface area contributed by atoms with Gasteiger partial charge in [0.25, 0.3) is 0 Å². The first-order chi connectivity index (χ1) is 14.2. The lowest BCUT2D eigenvalue weighted by Crippen LogP contribution is -2.07. The smallest absolute Gasteiger partial charge is 0.250 e. The van der Waals surface area contributed by atoms with E-state index < -0.39 is 0 Å². The standard InChI is InChI=1S/C22H23N3O2S2/c1-2-3-15-28-22-25-24-21(29-22)23-20(26)14-11-17-9-12-19(13-10-17)27-16-18-7-5-4-6-8-18/h4-14H,2-3,15-16H2,1H3,(H,23,24,26)/b14-11+. The average molecular weight is 426 g/mol. The summed E-state index contributed by atoms with van der Waals surface area (Å²) >= 11 is 3.07. The highest BCUT2D eigenvalue weighted by atomic mass is 32.2. The van der Waals surface area contributed by atoms with Gasteiger partial charge in [-0.05, 0) is 35.8 Å². The van der Waals surface area contributed by atoms with Crippen LogP contribution in [0.2, 0.25) is 0 Å². The third kappa shape index (κ3) is 7.36. The summed E-state index contributed by atoms with van der Waals surface area (Å²) in [7, 11) is 0. The number of hydrogen-bond donors (Lipinski definition) is 1. The van der Waals surface area contributed by atoms with E-state index >= 15 is 0 Å². The average Bonchev–Trinajstić information content (AvgIpc) is 3.19. The molecule has 0 radical (unpaired) electrons. The van der Waals surface area contributed by atoms with Crippen LogP contribution in [0.4, 0.5) is 5.13 Å². The van der Waals surface area contributed by atoms with Crippen molar-refractivity contribution < 1.29 is 9.53 Å². The maximum Gasteiger partial charge on any atom is 0.250 e. The molecule has 0 aliphatic rings. The number of aromatic nitrogens is 2. The number of hydrogen-bond acceptors (Lipinski definition) is 6. The lowest BCUT2D eigenvalue weighted by atomic mass is 10.2. The van der Waals surface area contributed by atoms with E-state index in [1.165, 1.54) is 17.4 Å². The Bertz CT molecular complexity index is 925. The van der Waals surface area contributed by atoms with Gasteiger partial charge in [-0.2, -0.15) is 0 Å². The topological polar surface area (TPSA) is 64.1 Å². The largest absolute Gasteiger partial charge is 0.489 e. The highest BCUT2D eigenvalue weighted by molar-refractivity contribution is 8.01. The number of nitrogens with one attached hydrogen (secondary N) is 1. The maximum atomic E-state index is 12.1. The molecule has 2 aromatic carbocycles. The Kier molecular flexibility index (Phi) is 8.27. The van der Waals surface area contributed by atoms with Crippen LogP contribution < -0.4 is 10.1 Å².